The highest BCUT2D eigenvalue weighted by Crippen LogP contribution is 2.41. The van der Waals surface area contributed by atoms with Gasteiger partial charge in [0.25, 0.3) is 0 Å². The van der Waals surface area contributed by atoms with E-state index in [2.05, 4.69) is 17.0 Å². The molecular formula is C16H24N2O. The van der Waals surface area contributed by atoms with Gasteiger partial charge in [0.05, 0.1) is 18.5 Å². The third-order valence-electron chi connectivity index (χ3n) is 4.82. The molecule has 2 unspecified atom stereocenters. The molecule has 1 aliphatic carbocycles. The van der Waals surface area contributed by atoms with Crippen LogP contribution in [0, 0.1) is 5.92 Å². The Hall–Kier alpha value is -1.38. The highest BCUT2D eigenvalue weighted by atomic mass is 16.5. The van der Waals surface area contributed by atoms with Gasteiger partial charge in [0.1, 0.15) is 5.75 Å². The molecule has 2 aliphatic rings. The number of ether oxygens (including phenoxy) is 1. The van der Waals surface area contributed by atoms with Crippen molar-refractivity contribution in [2.24, 2.45) is 5.92 Å². The summed E-state index contributed by atoms with van der Waals surface area (Å²) in [7, 11) is 1.69. The minimum absolute atomic E-state index is 0.692. The Morgan fingerprint density at radius 3 is 2.79 bits per heavy atom. The molecule has 3 heteroatoms. The number of benzene rings is 1. The summed E-state index contributed by atoms with van der Waals surface area (Å²) in [5.41, 5.74) is 8.26. The Labute approximate surface area is 115 Å². The van der Waals surface area contributed by atoms with Crippen molar-refractivity contribution in [2.45, 2.75) is 44.6 Å². The lowest BCUT2D eigenvalue weighted by molar-refractivity contribution is 0.244. The predicted octanol–water partition coefficient (Wildman–Crippen LogP) is 3.44. The molecule has 1 aromatic rings. The van der Waals surface area contributed by atoms with Crippen LogP contribution in [0.3, 0.4) is 0 Å². The molecule has 1 saturated carbocycles. The van der Waals surface area contributed by atoms with Crippen molar-refractivity contribution in [1.82, 2.24) is 0 Å². The third-order valence-corrected chi connectivity index (χ3v) is 4.82. The molecule has 1 aliphatic heterocycles. The van der Waals surface area contributed by atoms with Gasteiger partial charge in [0, 0.05) is 12.6 Å². The molecule has 0 aromatic heterocycles. The van der Waals surface area contributed by atoms with Crippen molar-refractivity contribution < 1.29 is 4.74 Å². The summed E-state index contributed by atoms with van der Waals surface area (Å²) in [6.07, 6.45) is 8.17. The first-order valence-corrected chi connectivity index (χ1v) is 7.50. The van der Waals surface area contributed by atoms with Crippen molar-refractivity contribution in [1.29, 1.82) is 0 Å². The molecular weight excluding hydrogens is 236 g/mol. The van der Waals surface area contributed by atoms with E-state index in [9.17, 15) is 0 Å². The standard InChI is InChI=1S/C16H24N2O/c1-19-15-10-4-9-14(16(15)17)18-11-5-7-12-6-2-3-8-13(12)18/h4,9-10,12-13H,2-3,5-8,11,17H2,1H3. The smallest absolute Gasteiger partial charge is 0.143 e. The molecule has 1 saturated heterocycles. The summed E-state index contributed by atoms with van der Waals surface area (Å²) in [4.78, 5) is 2.55. The molecule has 1 heterocycles. The lowest BCUT2D eigenvalue weighted by Crippen LogP contribution is -2.47. The first-order valence-electron chi connectivity index (χ1n) is 7.50. The van der Waals surface area contributed by atoms with E-state index in [1.807, 2.05) is 6.07 Å². The number of piperidine rings is 1. The lowest BCUT2D eigenvalue weighted by atomic mass is 9.78. The molecule has 0 radical (unpaired) electrons. The van der Waals surface area contributed by atoms with Crippen LogP contribution in [0.1, 0.15) is 38.5 Å². The van der Waals surface area contributed by atoms with Crippen molar-refractivity contribution in [2.75, 3.05) is 24.3 Å². The average Bonchev–Trinajstić information content (AvgIpc) is 2.47. The zero-order valence-corrected chi connectivity index (χ0v) is 11.8. The maximum atomic E-state index is 6.28. The summed E-state index contributed by atoms with van der Waals surface area (Å²) in [5, 5.41) is 0. The van der Waals surface area contributed by atoms with Gasteiger partial charge in [-0.3, -0.25) is 0 Å². The second-order valence-corrected chi connectivity index (χ2v) is 5.84. The number of nitrogens with zero attached hydrogens (tertiary/aromatic N) is 1. The number of para-hydroxylation sites is 1. The van der Waals surface area contributed by atoms with Gasteiger partial charge in [-0.2, -0.15) is 0 Å². The zero-order chi connectivity index (χ0) is 13.2. The van der Waals surface area contributed by atoms with E-state index in [0.717, 1.165) is 23.9 Å². The monoisotopic (exact) mass is 260 g/mol. The number of hydrogen-bond acceptors (Lipinski definition) is 3. The Bertz CT molecular complexity index is 444. The largest absolute Gasteiger partial charge is 0.495 e. The van der Waals surface area contributed by atoms with Crippen molar-refractivity contribution in [3.8, 4) is 5.75 Å². The van der Waals surface area contributed by atoms with Gasteiger partial charge in [-0.25, -0.2) is 0 Å². The molecule has 0 bridgehead atoms. The van der Waals surface area contributed by atoms with E-state index in [1.165, 1.54) is 44.2 Å². The van der Waals surface area contributed by atoms with Gasteiger partial charge in [-0.1, -0.05) is 18.9 Å². The summed E-state index contributed by atoms with van der Waals surface area (Å²) in [6, 6.07) is 6.84. The van der Waals surface area contributed by atoms with Crippen LogP contribution < -0.4 is 15.4 Å². The van der Waals surface area contributed by atoms with Gasteiger partial charge in [-0.05, 0) is 43.7 Å². The number of anilines is 2. The number of hydrogen-bond donors (Lipinski definition) is 1. The molecule has 1 aromatic carbocycles. The zero-order valence-electron chi connectivity index (χ0n) is 11.8. The van der Waals surface area contributed by atoms with Crippen LogP contribution in [0.5, 0.6) is 5.75 Å². The fourth-order valence-corrected chi connectivity index (χ4v) is 3.88. The van der Waals surface area contributed by atoms with Crippen LogP contribution in [-0.4, -0.2) is 19.7 Å². The number of nitrogens with two attached hydrogens (primary N) is 1. The first-order chi connectivity index (χ1) is 9.31. The van der Waals surface area contributed by atoms with Crippen LogP contribution in [0.4, 0.5) is 11.4 Å². The summed E-state index contributed by atoms with van der Waals surface area (Å²) in [5.74, 6) is 1.67. The maximum Gasteiger partial charge on any atom is 0.143 e. The second kappa shape index (κ2) is 5.32. The van der Waals surface area contributed by atoms with Gasteiger partial charge in [-0.15, -0.1) is 0 Å². The maximum absolute atomic E-state index is 6.28. The van der Waals surface area contributed by atoms with Crippen molar-refractivity contribution >= 4 is 11.4 Å². The van der Waals surface area contributed by atoms with Crippen LogP contribution in [-0.2, 0) is 0 Å². The fourth-order valence-electron chi connectivity index (χ4n) is 3.88. The van der Waals surface area contributed by atoms with Crippen molar-refractivity contribution in [3.05, 3.63) is 18.2 Å². The minimum atomic E-state index is 0.692. The van der Waals surface area contributed by atoms with E-state index in [0.29, 0.717) is 6.04 Å². The van der Waals surface area contributed by atoms with Crippen LogP contribution in [0.2, 0.25) is 0 Å². The summed E-state index contributed by atoms with van der Waals surface area (Å²) in [6.45, 7) is 1.14. The Kier molecular flexibility index (Phi) is 3.54. The number of methoxy groups -OCH3 is 1. The molecule has 0 spiro atoms. The average molecular weight is 260 g/mol. The van der Waals surface area contributed by atoms with Gasteiger partial charge in [0.2, 0.25) is 0 Å². The van der Waals surface area contributed by atoms with Crippen LogP contribution in [0.25, 0.3) is 0 Å². The Morgan fingerprint density at radius 1 is 1.16 bits per heavy atom. The van der Waals surface area contributed by atoms with E-state index in [1.54, 1.807) is 7.11 Å². The predicted molar refractivity (Wildman–Crippen MR) is 79.7 cm³/mol. The third kappa shape index (κ3) is 2.26. The van der Waals surface area contributed by atoms with Gasteiger partial charge >= 0.3 is 0 Å². The van der Waals surface area contributed by atoms with Crippen molar-refractivity contribution in [3.63, 3.8) is 0 Å². The molecule has 2 N–H and O–H groups in total. The molecule has 19 heavy (non-hydrogen) atoms. The fraction of sp³-hybridized carbons (Fsp3) is 0.625. The molecule has 2 atom stereocenters. The highest BCUT2D eigenvalue weighted by molar-refractivity contribution is 5.74. The quantitative estimate of drug-likeness (QED) is 0.828. The van der Waals surface area contributed by atoms with Gasteiger partial charge in [0.15, 0.2) is 0 Å². The molecule has 2 fully saturated rings. The number of rotatable bonds is 2. The molecule has 3 nitrogen and oxygen atoms in total. The minimum Gasteiger partial charge on any atom is -0.495 e. The van der Waals surface area contributed by atoms with Crippen LogP contribution >= 0.6 is 0 Å². The second-order valence-electron chi connectivity index (χ2n) is 5.84. The first kappa shape index (κ1) is 12.6. The summed E-state index contributed by atoms with van der Waals surface area (Å²) < 4.78 is 5.36. The van der Waals surface area contributed by atoms with E-state index >= 15 is 0 Å². The molecule has 0 amide bonds. The Balaban J connectivity index is 1.91. The van der Waals surface area contributed by atoms with Crippen LogP contribution in [0.15, 0.2) is 18.2 Å². The molecule has 3 rings (SSSR count). The number of nitrogen functional groups attached to an aromatic ring is 1. The molecule has 104 valence electrons. The summed E-state index contributed by atoms with van der Waals surface area (Å²) >= 11 is 0. The number of fused-ring (bicyclic) bond motifs is 1. The van der Waals surface area contributed by atoms with E-state index < -0.39 is 0 Å². The normalized spacial score (nSPS) is 26.9. The SMILES string of the molecule is COc1cccc(N2CCCC3CCCCC32)c1N. The Morgan fingerprint density at radius 2 is 1.95 bits per heavy atom. The lowest BCUT2D eigenvalue weighted by Gasteiger charge is -2.45. The van der Waals surface area contributed by atoms with E-state index in [-0.39, 0.29) is 0 Å². The van der Waals surface area contributed by atoms with Gasteiger partial charge < -0.3 is 15.4 Å². The highest BCUT2D eigenvalue weighted by Gasteiger charge is 2.34. The topological polar surface area (TPSA) is 38.5 Å². The van der Waals surface area contributed by atoms with E-state index in [4.69, 9.17) is 10.5 Å².